The monoisotopic (exact) mass is 291 g/mol. The quantitative estimate of drug-likeness (QED) is 0.851. The van der Waals surface area contributed by atoms with E-state index in [0.29, 0.717) is 18.3 Å². The molecule has 1 fully saturated rings. The summed E-state index contributed by atoms with van der Waals surface area (Å²) in [6.07, 6.45) is 0.474. The van der Waals surface area contributed by atoms with Crippen LogP contribution in [0.1, 0.15) is 40.4 Å². The molecule has 1 saturated heterocycles. The fraction of sp³-hybridized carbons (Fsp3) is 0.562. The van der Waals surface area contributed by atoms with Crippen molar-refractivity contribution in [2.45, 2.75) is 27.2 Å². The highest BCUT2D eigenvalue weighted by atomic mass is 32.1. The topological polar surface area (TPSA) is 40.5 Å². The smallest absolute Gasteiger partial charge is 0.263 e. The zero-order valence-corrected chi connectivity index (χ0v) is 13.1. The number of aliphatic hydroxyl groups excluding tert-OH is 1. The zero-order chi connectivity index (χ0) is 14.7. The molecule has 1 aromatic rings. The molecule has 0 bridgehead atoms. The molecule has 20 heavy (non-hydrogen) atoms. The van der Waals surface area contributed by atoms with Crippen molar-refractivity contribution in [3.8, 4) is 11.8 Å². The number of carbonyl (C=O) groups is 1. The van der Waals surface area contributed by atoms with Crippen LogP contribution >= 0.6 is 11.3 Å². The van der Waals surface area contributed by atoms with Crippen molar-refractivity contribution in [1.82, 2.24) is 4.90 Å². The molecule has 2 unspecified atom stereocenters. The summed E-state index contributed by atoms with van der Waals surface area (Å²) in [4.78, 5) is 16.1. The van der Waals surface area contributed by atoms with Gasteiger partial charge in [0.15, 0.2) is 0 Å². The van der Waals surface area contributed by atoms with Gasteiger partial charge < -0.3 is 10.0 Å². The molecule has 2 heterocycles. The molecule has 3 nitrogen and oxygen atoms in total. The number of amides is 1. The van der Waals surface area contributed by atoms with Crippen molar-refractivity contribution in [1.29, 1.82) is 0 Å². The van der Waals surface area contributed by atoms with Gasteiger partial charge in [0.1, 0.15) is 0 Å². The molecule has 0 spiro atoms. The molecule has 2 rings (SSSR count). The third-order valence-corrected chi connectivity index (χ3v) is 4.98. The Morgan fingerprint density at radius 1 is 1.45 bits per heavy atom. The zero-order valence-electron chi connectivity index (χ0n) is 12.3. The van der Waals surface area contributed by atoms with E-state index in [-0.39, 0.29) is 12.5 Å². The van der Waals surface area contributed by atoms with Crippen LogP contribution in [0.4, 0.5) is 0 Å². The molecule has 0 aliphatic carbocycles. The van der Waals surface area contributed by atoms with Crippen LogP contribution in [0.15, 0.2) is 6.07 Å². The van der Waals surface area contributed by atoms with Crippen LogP contribution in [0.25, 0.3) is 0 Å². The summed E-state index contributed by atoms with van der Waals surface area (Å²) in [5.74, 6) is 7.22. The van der Waals surface area contributed by atoms with E-state index in [4.69, 9.17) is 5.11 Å². The van der Waals surface area contributed by atoms with E-state index in [2.05, 4.69) is 25.7 Å². The molecular weight excluding hydrogens is 270 g/mol. The van der Waals surface area contributed by atoms with Gasteiger partial charge in [-0.2, -0.15) is 0 Å². The van der Waals surface area contributed by atoms with Crippen molar-refractivity contribution < 1.29 is 9.90 Å². The summed E-state index contributed by atoms with van der Waals surface area (Å²) in [5.41, 5.74) is 1.05. The van der Waals surface area contributed by atoms with Gasteiger partial charge in [-0.25, -0.2) is 0 Å². The molecule has 1 amide bonds. The number of nitrogens with zero attached hydrogens (tertiary/aromatic N) is 1. The van der Waals surface area contributed by atoms with Gasteiger partial charge in [0.2, 0.25) is 0 Å². The first kappa shape index (κ1) is 15.1. The van der Waals surface area contributed by atoms with E-state index in [1.54, 1.807) is 0 Å². The van der Waals surface area contributed by atoms with Gasteiger partial charge in [-0.1, -0.05) is 25.7 Å². The number of thiophene rings is 1. The average molecular weight is 291 g/mol. The number of hydrogen-bond donors (Lipinski definition) is 1. The summed E-state index contributed by atoms with van der Waals surface area (Å²) in [6, 6.07) is 1.93. The van der Waals surface area contributed by atoms with Gasteiger partial charge in [0.05, 0.1) is 16.4 Å². The van der Waals surface area contributed by atoms with Crippen LogP contribution in [0.3, 0.4) is 0 Å². The van der Waals surface area contributed by atoms with Crippen LogP contribution in [0.5, 0.6) is 0 Å². The van der Waals surface area contributed by atoms with Crippen molar-refractivity contribution in [3.05, 3.63) is 21.4 Å². The second kappa shape index (κ2) is 6.43. The van der Waals surface area contributed by atoms with E-state index in [1.165, 1.54) is 11.3 Å². The van der Waals surface area contributed by atoms with E-state index in [0.717, 1.165) is 28.4 Å². The highest BCUT2D eigenvalue weighted by Crippen LogP contribution is 2.27. The van der Waals surface area contributed by atoms with Gasteiger partial charge in [-0.05, 0) is 30.4 Å². The largest absolute Gasteiger partial charge is 0.395 e. The minimum Gasteiger partial charge on any atom is -0.395 e. The maximum atomic E-state index is 12.5. The second-order valence-corrected chi connectivity index (χ2v) is 6.62. The Labute approximate surface area is 124 Å². The molecule has 108 valence electrons. The van der Waals surface area contributed by atoms with Crippen molar-refractivity contribution in [2.75, 3.05) is 19.7 Å². The van der Waals surface area contributed by atoms with E-state index >= 15 is 0 Å². The van der Waals surface area contributed by atoms with Crippen LogP contribution in [-0.4, -0.2) is 35.6 Å². The summed E-state index contributed by atoms with van der Waals surface area (Å²) in [7, 11) is 0. The van der Waals surface area contributed by atoms with Gasteiger partial charge in [0.25, 0.3) is 5.91 Å². The van der Waals surface area contributed by atoms with E-state index in [9.17, 15) is 4.79 Å². The highest BCUT2D eigenvalue weighted by Gasteiger charge is 2.30. The Balaban J connectivity index is 2.12. The van der Waals surface area contributed by atoms with E-state index in [1.807, 2.05) is 17.9 Å². The third-order valence-electron chi connectivity index (χ3n) is 3.84. The Kier molecular flexibility index (Phi) is 4.85. The van der Waals surface area contributed by atoms with Gasteiger partial charge in [0, 0.05) is 19.5 Å². The molecule has 1 aliphatic heterocycles. The maximum absolute atomic E-state index is 12.5. The molecule has 1 aromatic heterocycles. The standard InChI is InChI=1S/C16H21NO2S/c1-11-8-15(20-14(11)6-4-5-7-18)16(19)17-9-12(2)13(3)10-17/h8,12-13,18H,5,7,9-10H2,1-3H3. The minimum atomic E-state index is 0.0762. The molecule has 2 atom stereocenters. The van der Waals surface area contributed by atoms with E-state index < -0.39 is 0 Å². The van der Waals surface area contributed by atoms with Crippen molar-refractivity contribution in [3.63, 3.8) is 0 Å². The first-order valence-electron chi connectivity index (χ1n) is 7.02. The number of aliphatic hydroxyl groups is 1. The summed E-state index contributed by atoms with van der Waals surface area (Å²) >= 11 is 1.46. The molecule has 0 aromatic carbocycles. The first-order valence-corrected chi connectivity index (χ1v) is 7.84. The number of hydrogen-bond acceptors (Lipinski definition) is 3. The van der Waals surface area contributed by atoms with Crippen LogP contribution < -0.4 is 0 Å². The lowest BCUT2D eigenvalue weighted by Gasteiger charge is -2.14. The van der Waals surface area contributed by atoms with Crippen molar-refractivity contribution in [2.24, 2.45) is 11.8 Å². The molecule has 0 radical (unpaired) electrons. The summed E-state index contributed by atoms with van der Waals surface area (Å²) in [5, 5.41) is 8.74. The summed E-state index contributed by atoms with van der Waals surface area (Å²) < 4.78 is 0. The van der Waals surface area contributed by atoms with Gasteiger partial charge in [-0.3, -0.25) is 4.79 Å². The summed E-state index contributed by atoms with van der Waals surface area (Å²) in [6.45, 7) is 8.15. The minimum absolute atomic E-state index is 0.0762. The van der Waals surface area contributed by atoms with Crippen LogP contribution in [-0.2, 0) is 0 Å². The predicted octanol–water partition coefficient (Wildman–Crippen LogP) is 2.52. The fourth-order valence-corrected chi connectivity index (χ4v) is 3.38. The lowest BCUT2D eigenvalue weighted by molar-refractivity contribution is 0.0789. The average Bonchev–Trinajstić information content (AvgIpc) is 2.94. The Hall–Kier alpha value is -1.31. The Morgan fingerprint density at radius 2 is 2.10 bits per heavy atom. The fourth-order valence-electron chi connectivity index (χ4n) is 2.36. The molecule has 4 heteroatoms. The molecule has 1 aliphatic rings. The molecule has 1 N–H and O–H groups in total. The lowest BCUT2D eigenvalue weighted by Crippen LogP contribution is -2.28. The Morgan fingerprint density at radius 3 is 2.70 bits per heavy atom. The molecular formula is C16H21NO2S. The van der Waals surface area contributed by atoms with Gasteiger partial charge >= 0.3 is 0 Å². The maximum Gasteiger partial charge on any atom is 0.263 e. The second-order valence-electron chi connectivity index (χ2n) is 5.56. The first-order chi connectivity index (χ1) is 9.52. The number of rotatable bonds is 2. The highest BCUT2D eigenvalue weighted by molar-refractivity contribution is 7.14. The lowest BCUT2D eigenvalue weighted by atomic mass is 10.0. The molecule has 0 saturated carbocycles. The number of likely N-dealkylation sites (tertiary alicyclic amines) is 1. The van der Waals surface area contributed by atoms with Gasteiger partial charge in [-0.15, -0.1) is 11.3 Å². The third kappa shape index (κ3) is 3.23. The van der Waals surface area contributed by atoms with Crippen LogP contribution in [0, 0.1) is 30.6 Å². The number of carbonyl (C=O) groups excluding carboxylic acids is 1. The normalized spacial score (nSPS) is 21.7. The van der Waals surface area contributed by atoms with Crippen LogP contribution in [0.2, 0.25) is 0 Å². The van der Waals surface area contributed by atoms with Crippen molar-refractivity contribution >= 4 is 17.2 Å². The SMILES string of the molecule is Cc1cc(C(=O)N2CC(C)C(C)C2)sc1C#CCCO. The number of aryl methyl sites for hydroxylation is 1. The predicted molar refractivity (Wildman–Crippen MR) is 81.9 cm³/mol. The Bertz CT molecular complexity index is 543.